The van der Waals surface area contributed by atoms with E-state index in [1.807, 2.05) is 53.4 Å². The van der Waals surface area contributed by atoms with Crippen LogP contribution in [0.15, 0.2) is 72.9 Å². The van der Waals surface area contributed by atoms with Crippen molar-refractivity contribution in [1.82, 2.24) is 25.6 Å². The highest BCUT2D eigenvalue weighted by Crippen LogP contribution is 2.41. The van der Waals surface area contributed by atoms with E-state index < -0.39 is 30.1 Å². The number of anilines is 2. The maximum atomic E-state index is 14.0. The minimum absolute atomic E-state index is 0.0298. The minimum Gasteiger partial charge on any atom is -0.383 e. The number of hydrogen-bond donors (Lipinski definition) is 3. The second-order valence-electron chi connectivity index (χ2n) is 10.8. The second kappa shape index (κ2) is 11.6. The van der Waals surface area contributed by atoms with Crippen LogP contribution in [0.25, 0.3) is 0 Å². The molecular formula is C30H32F3N7O2. The lowest BCUT2D eigenvalue weighted by Crippen LogP contribution is -2.64. The van der Waals surface area contributed by atoms with Gasteiger partial charge in [0.05, 0.1) is 6.04 Å². The molecule has 3 atom stereocenters. The molecule has 0 radical (unpaired) electrons. The van der Waals surface area contributed by atoms with Gasteiger partial charge < -0.3 is 15.1 Å². The van der Waals surface area contributed by atoms with Gasteiger partial charge >= 0.3 is 6.18 Å². The SMILES string of the molecule is O=C1NNCC(N2Cc3ccccc3C2CNc2cccc(C(=O)N3CCN(c4ccccn4)CC3)c2)C1C(F)(F)F. The summed E-state index contributed by atoms with van der Waals surface area (Å²) in [5, 5.41) is 3.36. The Kier molecular flexibility index (Phi) is 7.74. The molecule has 42 heavy (non-hydrogen) atoms. The van der Waals surface area contributed by atoms with Crippen molar-refractivity contribution in [1.29, 1.82) is 0 Å². The lowest BCUT2D eigenvalue weighted by Gasteiger charge is -2.41. The van der Waals surface area contributed by atoms with Gasteiger partial charge in [0.25, 0.3) is 5.91 Å². The molecule has 6 rings (SSSR count). The van der Waals surface area contributed by atoms with Crippen LogP contribution in [0.4, 0.5) is 24.7 Å². The first-order chi connectivity index (χ1) is 20.3. The average Bonchev–Trinajstić information content (AvgIpc) is 3.38. The summed E-state index contributed by atoms with van der Waals surface area (Å²) in [4.78, 5) is 35.8. The predicted octanol–water partition coefficient (Wildman–Crippen LogP) is 3.19. The number of nitrogens with zero attached hydrogens (tertiary/aromatic N) is 4. The lowest BCUT2D eigenvalue weighted by molar-refractivity contribution is -0.202. The molecule has 2 amide bonds. The maximum Gasteiger partial charge on any atom is 0.402 e. The molecule has 1 aromatic heterocycles. The van der Waals surface area contributed by atoms with Gasteiger partial charge in [-0.05, 0) is 41.5 Å². The number of amides is 2. The van der Waals surface area contributed by atoms with E-state index in [-0.39, 0.29) is 12.5 Å². The molecule has 2 aromatic carbocycles. The Morgan fingerprint density at radius 2 is 1.79 bits per heavy atom. The van der Waals surface area contributed by atoms with E-state index in [1.54, 1.807) is 29.3 Å². The van der Waals surface area contributed by atoms with Crippen molar-refractivity contribution < 1.29 is 22.8 Å². The van der Waals surface area contributed by atoms with Crippen LogP contribution >= 0.6 is 0 Å². The summed E-state index contributed by atoms with van der Waals surface area (Å²) in [5.41, 5.74) is 7.89. The zero-order valence-corrected chi connectivity index (χ0v) is 22.8. The predicted molar refractivity (Wildman–Crippen MR) is 151 cm³/mol. The molecule has 2 saturated heterocycles. The van der Waals surface area contributed by atoms with Gasteiger partial charge in [-0.15, -0.1) is 0 Å². The molecule has 4 heterocycles. The number of aromatic nitrogens is 1. The molecule has 3 aliphatic heterocycles. The van der Waals surface area contributed by atoms with E-state index in [2.05, 4.69) is 26.1 Å². The van der Waals surface area contributed by atoms with Gasteiger partial charge in [0.15, 0.2) is 5.92 Å². The van der Waals surface area contributed by atoms with E-state index in [4.69, 9.17) is 0 Å². The van der Waals surface area contributed by atoms with Gasteiger partial charge in [-0.1, -0.05) is 36.4 Å². The van der Waals surface area contributed by atoms with Crippen LogP contribution in [-0.4, -0.2) is 78.1 Å². The van der Waals surface area contributed by atoms with Gasteiger partial charge in [0.1, 0.15) is 5.82 Å². The monoisotopic (exact) mass is 579 g/mol. The quantitative estimate of drug-likeness (QED) is 0.413. The van der Waals surface area contributed by atoms with E-state index in [0.717, 1.165) is 16.9 Å². The summed E-state index contributed by atoms with van der Waals surface area (Å²) in [6, 6.07) is 19.1. The Balaban J connectivity index is 1.15. The first-order valence-electron chi connectivity index (χ1n) is 14.0. The summed E-state index contributed by atoms with van der Waals surface area (Å²) in [7, 11) is 0. The highest BCUT2D eigenvalue weighted by Gasteiger charge is 2.54. The first kappa shape index (κ1) is 28.0. The number of fused-ring (bicyclic) bond motifs is 1. The second-order valence-corrected chi connectivity index (χ2v) is 10.8. The van der Waals surface area contributed by atoms with Crippen molar-refractivity contribution >= 4 is 23.3 Å². The van der Waals surface area contributed by atoms with Gasteiger partial charge in [-0.2, -0.15) is 13.2 Å². The van der Waals surface area contributed by atoms with Crippen LogP contribution in [0.3, 0.4) is 0 Å². The van der Waals surface area contributed by atoms with E-state index in [1.165, 1.54) is 0 Å². The molecule has 220 valence electrons. The molecular weight excluding hydrogens is 547 g/mol. The highest BCUT2D eigenvalue weighted by atomic mass is 19.4. The summed E-state index contributed by atoms with van der Waals surface area (Å²) in [6.45, 7) is 3.10. The number of pyridine rings is 1. The molecule has 0 bridgehead atoms. The van der Waals surface area contributed by atoms with Crippen LogP contribution in [0.2, 0.25) is 0 Å². The fourth-order valence-corrected chi connectivity index (χ4v) is 6.19. The molecule has 9 nitrogen and oxygen atoms in total. The molecule has 0 aliphatic carbocycles. The topological polar surface area (TPSA) is 92.8 Å². The summed E-state index contributed by atoms with van der Waals surface area (Å²) < 4.78 is 42.0. The number of carbonyl (C=O) groups is 2. The Hall–Kier alpha value is -4.16. The third kappa shape index (κ3) is 5.64. The maximum absolute atomic E-state index is 14.0. The van der Waals surface area contributed by atoms with Crippen LogP contribution in [-0.2, 0) is 11.3 Å². The standard InChI is InChI=1S/C30H32F3N7O2/c31-30(32,33)27-25(18-36-37-28(27)41)40-19-21-6-1-2-9-23(21)24(40)17-35-22-8-5-7-20(16-22)29(42)39-14-12-38(13-15-39)26-10-3-4-11-34-26/h1-11,16,24-25,27,35-36H,12-15,17-19H2,(H,37,41). The van der Waals surface area contributed by atoms with E-state index in [9.17, 15) is 22.8 Å². The number of hydrazine groups is 1. The largest absolute Gasteiger partial charge is 0.402 e. The summed E-state index contributed by atoms with van der Waals surface area (Å²) >= 11 is 0. The lowest BCUT2D eigenvalue weighted by atomic mass is 9.94. The Morgan fingerprint density at radius 1 is 1.00 bits per heavy atom. The average molecular weight is 580 g/mol. The van der Waals surface area contributed by atoms with Gasteiger partial charge in [-0.3, -0.25) is 19.9 Å². The molecule has 12 heteroatoms. The van der Waals surface area contributed by atoms with Crippen molar-refractivity contribution in [2.75, 3.05) is 49.5 Å². The number of carbonyl (C=O) groups excluding carboxylic acids is 2. The van der Waals surface area contributed by atoms with Gasteiger partial charge in [0, 0.05) is 69.3 Å². The normalized spacial score (nSPS) is 22.9. The number of hydrogen-bond acceptors (Lipinski definition) is 7. The van der Waals surface area contributed by atoms with Gasteiger partial charge in [-0.25, -0.2) is 10.4 Å². The van der Waals surface area contributed by atoms with Crippen molar-refractivity contribution in [2.45, 2.75) is 24.8 Å². The van der Waals surface area contributed by atoms with Crippen molar-refractivity contribution in [3.05, 3.63) is 89.6 Å². The number of piperazine rings is 1. The number of benzene rings is 2. The van der Waals surface area contributed by atoms with Crippen molar-refractivity contribution in [3.63, 3.8) is 0 Å². The van der Waals surface area contributed by atoms with Crippen LogP contribution < -0.4 is 21.1 Å². The summed E-state index contributed by atoms with van der Waals surface area (Å²) in [6.07, 6.45) is -2.92. The molecule has 3 N–H and O–H groups in total. The molecule has 3 aromatic rings. The van der Waals surface area contributed by atoms with Gasteiger partial charge in [0.2, 0.25) is 5.91 Å². The Morgan fingerprint density at radius 3 is 2.55 bits per heavy atom. The number of halogens is 3. The highest BCUT2D eigenvalue weighted by molar-refractivity contribution is 5.95. The Bertz CT molecular complexity index is 1430. The zero-order valence-electron chi connectivity index (χ0n) is 22.8. The fraction of sp³-hybridized carbons (Fsp3) is 0.367. The zero-order chi connectivity index (χ0) is 29.3. The molecule has 0 saturated carbocycles. The molecule has 0 spiro atoms. The molecule has 3 unspecified atom stereocenters. The molecule has 3 aliphatic rings. The van der Waals surface area contributed by atoms with Crippen LogP contribution in [0.5, 0.6) is 0 Å². The minimum atomic E-state index is -4.68. The number of rotatable bonds is 6. The smallest absolute Gasteiger partial charge is 0.383 e. The Labute approximate surface area is 241 Å². The van der Waals surface area contributed by atoms with E-state index >= 15 is 0 Å². The van der Waals surface area contributed by atoms with Crippen LogP contribution in [0.1, 0.15) is 27.5 Å². The van der Waals surface area contributed by atoms with Crippen molar-refractivity contribution in [2.24, 2.45) is 5.92 Å². The van der Waals surface area contributed by atoms with Crippen molar-refractivity contribution in [3.8, 4) is 0 Å². The third-order valence-electron chi connectivity index (χ3n) is 8.29. The number of nitrogens with one attached hydrogen (secondary N) is 3. The molecule has 2 fully saturated rings. The number of alkyl halides is 3. The summed E-state index contributed by atoms with van der Waals surface area (Å²) in [5.74, 6) is -2.40. The first-order valence-corrected chi connectivity index (χ1v) is 14.0. The third-order valence-corrected chi connectivity index (χ3v) is 8.29. The van der Waals surface area contributed by atoms with E-state index in [0.29, 0.717) is 50.5 Å². The fourth-order valence-electron chi connectivity index (χ4n) is 6.19. The van der Waals surface area contributed by atoms with Crippen LogP contribution in [0, 0.1) is 5.92 Å².